The van der Waals surface area contributed by atoms with E-state index in [2.05, 4.69) is 25.1 Å². The molecular weight excluding hydrogens is 368 g/mol. The number of aromatic nitrogens is 2. The summed E-state index contributed by atoms with van der Waals surface area (Å²) in [5, 5.41) is 2.86. The molecule has 158 valence electrons. The number of hydrogen-bond donors (Lipinski definition) is 1. The molecule has 29 heavy (non-hydrogen) atoms. The smallest absolute Gasteiger partial charge is 0.256 e. The number of carbonyl (C=O) groups excluding carboxylic acids is 2. The van der Waals surface area contributed by atoms with E-state index < -0.39 is 0 Å². The van der Waals surface area contributed by atoms with Crippen molar-refractivity contribution in [2.75, 3.05) is 51.6 Å². The average Bonchev–Trinajstić information content (AvgIpc) is 3.33. The largest absolute Gasteiger partial charge is 0.357 e. The third-order valence-electron chi connectivity index (χ3n) is 6.61. The zero-order valence-electron chi connectivity index (χ0n) is 17.3. The summed E-state index contributed by atoms with van der Waals surface area (Å²) >= 11 is 0. The third kappa shape index (κ3) is 4.52. The highest BCUT2D eigenvalue weighted by molar-refractivity contribution is 5.93. The van der Waals surface area contributed by atoms with E-state index in [1.54, 1.807) is 19.4 Å². The molecule has 0 aliphatic carbocycles. The summed E-state index contributed by atoms with van der Waals surface area (Å²) in [5.41, 5.74) is 0.539. The van der Waals surface area contributed by atoms with Crippen LogP contribution in [-0.4, -0.2) is 88.8 Å². The lowest BCUT2D eigenvalue weighted by Crippen LogP contribution is -2.51. The molecule has 3 aliphatic heterocycles. The van der Waals surface area contributed by atoms with Gasteiger partial charge in [0.25, 0.3) is 5.91 Å². The van der Waals surface area contributed by atoms with Gasteiger partial charge in [0.2, 0.25) is 11.9 Å². The Kier molecular flexibility index (Phi) is 6.28. The molecule has 3 fully saturated rings. The maximum Gasteiger partial charge on any atom is 0.256 e. The predicted molar refractivity (Wildman–Crippen MR) is 111 cm³/mol. The highest BCUT2D eigenvalue weighted by Crippen LogP contribution is 2.26. The fraction of sp³-hybridized carbons (Fsp3) is 0.714. The molecule has 0 unspecified atom stereocenters. The standard InChI is InChI=1S/C21H32N6O2/c1-22-21-23-13-17(14-24-21)20(29)26-11-6-18(7-12-26)27-10-4-5-16(15-27)19(28)25-8-2-3-9-25/h13-14,16,18H,2-12,15H2,1H3,(H,22,23,24)/t16-/m1/s1. The van der Waals surface area contributed by atoms with Crippen molar-refractivity contribution in [3.63, 3.8) is 0 Å². The van der Waals surface area contributed by atoms with Gasteiger partial charge in [-0.05, 0) is 45.1 Å². The van der Waals surface area contributed by atoms with Gasteiger partial charge in [-0.1, -0.05) is 0 Å². The van der Waals surface area contributed by atoms with Gasteiger partial charge < -0.3 is 15.1 Å². The van der Waals surface area contributed by atoms with Gasteiger partial charge in [-0.2, -0.15) is 0 Å². The summed E-state index contributed by atoms with van der Waals surface area (Å²) in [6.07, 6.45) is 9.52. The van der Waals surface area contributed by atoms with E-state index in [-0.39, 0.29) is 11.8 Å². The summed E-state index contributed by atoms with van der Waals surface area (Å²) in [6.45, 7) is 5.33. The highest BCUT2D eigenvalue weighted by atomic mass is 16.2. The average molecular weight is 401 g/mol. The van der Waals surface area contributed by atoms with E-state index in [0.717, 1.165) is 77.8 Å². The van der Waals surface area contributed by atoms with Gasteiger partial charge in [0.05, 0.1) is 11.5 Å². The molecule has 1 atom stereocenters. The maximum absolute atomic E-state index is 12.8. The van der Waals surface area contributed by atoms with Gasteiger partial charge in [-0.15, -0.1) is 0 Å². The summed E-state index contributed by atoms with van der Waals surface area (Å²) in [7, 11) is 1.76. The SMILES string of the molecule is CNc1ncc(C(=O)N2CCC(N3CCC[C@@H](C(=O)N4CCCC4)C3)CC2)cn1. The number of anilines is 1. The molecule has 1 aromatic heterocycles. The van der Waals surface area contributed by atoms with E-state index in [1.165, 1.54) is 0 Å². The Balaban J connectivity index is 1.29. The Bertz CT molecular complexity index is 710. The molecule has 0 radical (unpaired) electrons. The molecule has 4 heterocycles. The Morgan fingerprint density at radius 1 is 0.931 bits per heavy atom. The zero-order valence-corrected chi connectivity index (χ0v) is 17.3. The number of amides is 2. The fourth-order valence-corrected chi connectivity index (χ4v) is 4.92. The fourth-order valence-electron chi connectivity index (χ4n) is 4.92. The van der Waals surface area contributed by atoms with E-state index in [1.807, 2.05) is 4.90 Å². The van der Waals surface area contributed by atoms with Crippen molar-refractivity contribution in [3.05, 3.63) is 18.0 Å². The number of likely N-dealkylation sites (tertiary alicyclic amines) is 3. The minimum absolute atomic E-state index is 0.00633. The second-order valence-electron chi connectivity index (χ2n) is 8.44. The van der Waals surface area contributed by atoms with E-state index >= 15 is 0 Å². The van der Waals surface area contributed by atoms with Gasteiger partial charge in [0, 0.05) is 58.2 Å². The first-order chi connectivity index (χ1) is 14.2. The van der Waals surface area contributed by atoms with Crippen LogP contribution in [0.5, 0.6) is 0 Å². The van der Waals surface area contributed by atoms with Crippen LogP contribution < -0.4 is 5.32 Å². The second kappa shape index (κ2) is 9.07. The van der Waals surface area contributed by atoms with E-state index in [0.29, 0.717) is 23.5 Å². The summed E-state index contributed by atoms with van der Waals surface area (Å²) < 4.78 is 0. The minimum Gasteiger partial charge on any atom is -0.357 e. The van der Waals surface area contributed by atoms with Crippen molar-refractivity contribution in [2.45, 2.75) is 44.6 Å². The lowest BCUT2D eigenvalue weighted by atomic mass is 9.93. The quantitative estimate of drug-likeness (QED) is 0.824. The molecule has 0 aromatic carbocycles. The molecule has 1 aromatic rings. The van der Waals surface area contributed by atoms with Crippen LogP contribution in [0.3, 0.4) is 0 Å². The molecule has 3 saturated heterocycles. The van der Waals surface area contributed by atoms with Gasteiger partial charge in [0.1, 0.15) is 0 Å². The molecular formula is C21H32N6O2. The molecule has 2 amide bonds. The van der Waals surface area contributed by atoms with Crippen LogP contribution in [0, 0.1) is 5.92 Å². The molecule has 3 aliphatic rings. The zero-order chi connectivity index (χ0) is 20.2. The summed E-state index contributed by atoms with van der Waals surface area (Å²) in [4.78, 5) is 40.3. The molecule has 0 bridgehead atoms. The molecule has 1 N–H and O–H groups in total. The molecule has 4 rings (SSSR count). The highest BCUT2D eigenvalue weighted by Gasteiger charge is 2.34. The molecule has 8 heteroatoms. The van der Waals surface area contributed by atoms with Gasteiger partial charge in [-0.25, -0.2) is 9.97 Å². The van der Waals surface area contributed by atoms with Crippen LogP contribution >= 0.6 is 0 Å². The van der Waals surface area contributed by atoms with Crippen LogP contribution in [0.4, 0.5) is 5.95 Å². The monoisotopic (exact) mass is 400 g/mol. The van der Waals surface area contributed by atoms with Gasteiger partial charge in [0.15, 0.2) is 0 Å². The van der Waals surface area contributed by atoms with Crippen molar-refractivity contribution < 1.29 is 9.59 Å². The molecule has 0 saturated carbocycles. The van der Waals surface area contributed by atoms with E-state index in [9.17, 15) is 9.59 Å². The lowest BCUT2D eigenvalue weighted by Gasteiger charge is -2.42. The molecule has 0 spiro atoms. The first-order valence-corrected chi connectivity index (χ1v) is 11.0. The van der Waals surface area contributed by atoms with Crippen LogP contribution in [0.2, 0.25) is 0 Å². The number of rotatable bonds is 4. The Labute approximate surface area is 172 Å². The Hall–Kier alpha value is -2.22. The molecule has 8 nitrogen and oxygen atoms in total. The summed E-state index contributed by atoms with van der Waals surface area (Å²) in [6, 6.07) is 0.469. The topological polar surface area (TPSA) is 81.7 Å². The maximum atomic E-state index is 12.8. The summed E-state index contributed by atoms with van der Waals surface area (Å²) in [5.74, 6) is 1.05. The Morgan fingerprint density at radius 2 is 1.62 bits per heavy atom. The van der Waals surface area contributed by atoms with Crippen molar-refractivity contribution >= 4 is 17.8 Å². The van der Waals surface area contributed by atoms with E-state index in [4.69, 9.17) is 0 Å². The van der Waals surface area contributed by atoms with Gasteiger partial charge in [-0.3, -0.25) is 14.5 Å². The van der Waals surface area contributed by atoms with Crippen LogP contribution in [0.25, 0.3) is 0 Å². The number of nitrogens with one attached hydrogen (secondary N) is 1. The predicted octanol–water partition coefficient (Wildman–Crippen LogP) is 1.46. The number of nitrogens with zero attached hydrogens (tertiary/aromatic N) is 5. The second-order valence-corrected chi connectivity index (χ2v) is 8.44. The van der Waals surface area contributed by atoms with Crippen LogP contribution in [-0.2, 0) is 4.79 Å². The van der Waals surface area contributed by atoms with Crippen molar-refractivity contribution in [3.8, 4) is 0 Å². The lowest BCUT2D eigenvalue weighted by molar-refractivity contribution is -0.136. The number of piperidine rings is 2. The normalized spacial score (nSPS) is 24.0. The van der Waals surface area contributed by atoms with Crippen LogP contribution in [0.1, 0.15) is 48.9 Å². The van der Waals surface area contributed by atoms with Crippen LogP contribution in [0.15, 0.2) is 12.4 Å². The van der Waals surface area contributed by atoms with Crippen molar-refractivity contribution in [1.82, 2.24) is 24.7 Å². The minimum atomic E-state index is 0.00633. The number of carbonyl (C=O) groups is 2. The van der Waals surface area contributed by atoms with Gasteiger partial charge >= 0.3 is 0 Å². The van der Waals surface area contributed by atoms with Crippen molar-refractivity contribution in [2.24, 2.45) is 5.92 Å². The first kappa shape index (κ1) is 20.1. The third-order valence-corrected chi connectivity index (χ3v) is 6.61. The first-order valence-electron chi connectivity index (χ1n) is 11.0. The van der Waals surface area contributed by atoms with Crippen molar-refractivity contribution in [1.29, 1.82) is 0 Å². The number of hydrogen-bond acceptors (Lipinski definition) is 6. The Morgan fingerprint density at radius 3 is 2.28 bits per heavy atom.